The molecule has 2 N–H and O–H groups in total. The highest BCUT2D eigenvalue weighted by atomic mass is 16.8. The van der Waals surface area contributed by atoms with E-state index in [-0.39, 0.29) is 18.0 Å². The highest BCUT2D eigenvalue weighted by molar-refractivity contribution is 5.90. The van der Waals surface area contributed by atoms with Crippen LogP contribution < -0.4 is 0 Å². The number of aliphatic hydroxyl groups is 2. The van der Waals surface area contributed by atoms with Gasteiger partial charge in [-0.15, -0.1) is 0 Å². The van der Waals surface area contributed by atoms with Crippen LogP contribution in [0.25, 0.3) is 0 Å². The van der Waals surface area contributed by atoms with Crippen LogP contribution in [0.5, 0.6) is 0 Å². The number of ketones is 1. The second kappa shape index (κ2) is 9.86. The Hall–Kier alpha value is -1.01. The molecular formula is C26H42O5. The monoisotopic (exact) mass is 434 g/mol. The molecule has 0 radical (unpaired) electrons. The summed E-state index contributed by atoms with van der Waals surface area (Å²) in [5, 5.41) is 16.8. The third kappa shape index (κ3) is 5.16. The third-order valence-electron chi connectivity index (χ3n) is 7.82. The minimum atomic E-state index is -0.593. The Bertz CT molecular complexity index is 691. The number of hydrogen-bond acceptors (Lipinski definition) is 5. The van der Waals surface area contributed by atoms with Gasteiger partial charge in [-0.1, -0.05) is 37.1 Å². The van der Waals surface area contributed by atoms with E-state index in [4.69, 9.17) is 19.7 Å². The van der Waals surface area contributed by atoms with E-state index in [0.717, 1.165) is 25.2 Å². The number of hydrogen-bond donors (Lipinski definition) is 2. The molecule has 1 aliphatic heterocycles. The van der Waals surface area contributed by atoms with Gasteiger partial charge < -0.3 is 19.7 Å². The van der Waals surface area contributed by atoms with Crippen molar-refractivity contribution in [3.63, 3.8) is 0 Å². The summed E-state index contributed by atoms with van der Waals surface area (Å²) in [6.45, 7) is 11.7. The molecule has 0 aromatic heterocycles. The van der Waals surface area contributed by atoms with Crippen molar-refractivity contribution in [2.24, 2.45) is 23.7 Å². The molecule has 4 aliphatic carbocycles. The van der Waals surface area contributed by atoms with Crippen molar-refractivity contribution in [3.05, 3.63) is 23.3 Å². The summed E-state index contributed by atoms with van der Waals surface area (Å²) in [5.41, 5.74) is 3.10. The standard InChI is InChI=1S/C13H20O2.C9H12O.C4H10O2/c1-4-10-5-11-7-13(12(11)6-10)14-8(2)9(3)15-13;1-2-6-3-7-5-9(10)8(7)4-6;1-3(5)4(2)6/h6,8-9,11-12H,4-5,7H2,1-3H3;4,7-8H,2-3,5H2,1H3;3-6H,1-2H3/t8-,9-,11-,12-;7-,8-;3-,4-/m111/s1. The third-order valence-corrected chi connectivity index (χ3v) is 7.82. The van der Waals surface area contributed by atoms with Crippen LogP contribution in [0.4, 0.5) is 0 Å². The second-order valence-electron chi connectivity index (χ2n) is 10.2. The Balaban J connectivity index is 0.000000147. The molecule has 0 aromatic carbocycles. The lowest BCUT2D eigenvalue weighted by atomic mass is 9.70. The Labute approximate surface area is 187 Å². The van der Waals surface area contributed by atoms with Gasteiger partial charge in [-0.25, -0.2) is 0 Å². The van der Waals surface area contributed by atoms with Gasteiger partial charge in [0.1, 0.15) is 5.78 Å². The molecule has 1 heterocycles. The Morgan fingerprint density at radius 1 is 0.935 bits per heavy atom. The fourth-order valence-corrected chi connectivity index (χ4v) is 5.29. The summed E-state index contributed by atoms with van der Waals surface area (Å²) in [6.07, 6.45) is 10.7. The maximum Gasteiger partial charge on any atom is 0.176 e. The van der Waals surface area contributed by atoms with Crippen molar-refractivity contribution >= 4 is 5.78 Å². The van der Waals surface area contributed by atoms with Crippen molar-refractivity contribution in [2.45, 2.75) is 110 Å². The molecule has 1 saturated heterocycles. The van der Waals surface area contributed by atoms with Crippen LogP contribution >= 0.6 is 0 Å². The lowest BCUT2D eigenvalue weighted by molar-refractivity contribution is -0.269. The zero-order valence-corrected chi connectivity index (χ0v) is 20.1. The van der Waals surface area contributed by atoms with E-state index in [1.165, 1.54) is 24.8 Å². The van der Waals surface area contributed by atoms with Gasteiger partial charge in [0.25, 0.3) is 0 Å². The number of ether oxygens (including phenoxy) is 2. The first-order valence-corrected chi connectivity index (χ1v) is 12.2. The molecule has 0 amide bonds. The number of aliphatic hydroxyl groups excluding tert-OH is 2. The molecule has 8 atom stereocenters. The van der Waals surface area contributed by atoms with Gasteiger partial charge in [0, 0.05) is 24.7 Å². The first-order chi connectivity index (χ1) is 14.6. The quantitative estimate of drug-likeness (QED) is 0.637. The summed E-state index contributed by atoms with van der Waals surface area (Å²) in [4.78, 5) is 10.9. The second-order valence-corrected chi connectivity index (χ2v) is 10.2. The average molecular weight is 435 g/mol. The maximum atomic E-state index is 10.9. The van der Waals surface area contributed by atoms with Gasteiger partial charge in [0.2, 0.25) is 0 Å². The van der Waals surface area contributed by atoms with Crippen LogP contribution in [0.3, 0.4) is 0 Å². The van der Waals surface area contributed by atoms with Gasteiger partial charge in [-0.3, -0.25) is 4.79 Å². The molecule has 5 aliphatic rings. The summed E-state index contributed by atoms with van der Waals surface area (Å²) >= 11 is 0. The summed E-state index contributed by atoms with van der Waals surface area (Å²) < 4.78 is 12.1. The van der Waals surface area contributed by atoms with Crippen LogP contribution in [0, 0.1) is 23.7 Å². The van der Waals surface area contributed by atoms with E-state index >= 15 is 0 Å². The van der Waals surface area contributed by atoms with Crippen LogP contribution in [0.15, 0.2) is 23.3 Å². The summed E-state index contributed by atoms with van der Waals surface area (Å²) in [7, 11) is 0. The normalized spacial score (nSPS) is 38.3. The van der Waals surface area contributed by atoms with Crippen LogP contribution in [-0.4, -0.2) is 46.2 Å². The van der Waals surface area contributed by atoms with Crippen LogP contribution in [0.1, 0.15) is 80.1 Å². The predicted molar refractivity (Wildman–Crippen MR) is 121 cm³/mol. The van der Waals surface area contributed by atoms with E-state index in [2.05, 4.69) is 39.8 Å². The molecule has 5 heteroatoms. The van der Waals surface area contributed by atoms with Gasteiger partial charge in [0.05, 0.1) is 24.4 Å². The lowest BCUT2D eigenvalue weighted by Gasteiger charge is -2.47. The van der Waals surface area contributed by atoms with Gasteiger partial charge in [-0.2, -0.15) is 0 Å². The number of carbonyl (C=O) groups is 1. The zero-order valence-electron chi connectivity index (χ0n) is 20.1. The Kier molecular flexibility index (Phi) is 7.83. The average Bonchev–Trinajstić information content (AvgIpc) is 3.34. The fourth-order valence-electron chi connectivity index (χ4n) is 5.29. The Morgan fingerprint density at radius 2 is 1.45 bits per heavy atom. The van der Waals surface area contributed by atoms with E-state index in [0.29, 0.717) is 23.5 Å². The molecule has 31 heavy (non-hydrogen) atoms. The van der Waals surface area contributed by atoms with Crippen molar-refractivity contribution in [1.29, 1.82) is 0 Å². The number of fused-ring (bicyclic) bond motifs is 3. The lowest BCUT2D eigenvalue weighted by Crippen LogP contribution is -2.52. The van der Waals surface area contributed by atoms with Crippen LogP contribution in [0.2, 0.25) is 0 Å². The van der Waals surface area contributed by atoms with E-state index in [1.807, 2.05) is 0 Å². The van der Waals surface area contributed by atoms with Crippen molar-refractivity contribution < 1.29 is 24.5 Å². The molecule has 5 nitrogen and oxygen atoms in total. The van der Waals surface area contributed by atoms with Crippen molar-refractivity contribution in [2.75, 3.05) is 0 Å². The van der Waals surface area contributed by atoms with E-state index in [1.54, 1.807) is 19.4 Å². The topological polar surface area (TPSA) is 76.0 Å². The minimum Gasteiger partial charge on any atom is -0.391 e. The smallest absolute Gasteiger partial charge is 0.176 e. The van der Waals surface area contributed by atoms with E-state index < -0.39 is 12.2 Å². The molecule has 1 spiro atoms. The minimum absolute atomic E-state index is 0.236. The number of carbonyl (C=O) groups excluding carboxylic acids is 1. The molecular weight excluding hydrogens is 392 g/mol. The van der Waals surface area contributed by atoms with Gasteiger partial charge in [0.15, 0.2) is 5.79 Å². The van der Waals surface area contributed by atoms with Crippen molar-refractivity contribution in [3.8, 4) is 0 Å². The number of allylic oxidation sites excluding steroid dienone is 3. The highest BCUT2D eigenvalue weighted by Crippen LogP contribution is 2.58. The van der Waals surface area contributed by atoms with E-state index in [9.17, 15) is 4.79 Å². The summed E-state index contributed by atoms with van der Waals surface area (Å²) in [5.74, 6) is 2.63. The SMILES string of the molecule is CCC1=C[C@@H]2[C@H](C1)CC21O[C@H](C)[C@@H](C)O1.CCC1=C[C@H]2C(=O)C[C@H]2C1.C[C@@H](O)[C@@H](C)O. The molecule has 3 fully saturated rings. The maximum absolute atomic E-state index is 10.9. The molecule has 0 bridgehead atoms. The largest absolute Gasteiger partial charge is 0.391 e. The number of Topliss-reactive ketones (excluding diaryl/α,β-unsaturated/α-hetero) is 1. The predicted octanol–water partition coefficient (Wildman–Crippen LogP) is 4.56. The molecule has 176 valence electrons. The van der Waals surface area contributed by atoms with Gasteiger partial charge >= 0.3 is 0 Å². The van der Waals surface area contributed by atoms with Gasteiger partial charge in [-0.05, 0) is 65.2 Å². The molecule has 0 aromatic rings. The molecule has 2 saturated carbocycles. The molecule has 5 rings (SSSR count). The fraction of sp³-hybridized carbons (Fsp3) is 0.808. The first-order valence-electron chi connectivity index (χ1n) is 12.2. The summed E-state index contributed by atoms with van der Waals surface area (Å²) in [6, 6.07) is 0. The highest BCUT2D eigenvalue weighted by Gasteiger charge is 2.61. The van der Waals surface area contributed by atoms with Crippen LogP contribution in [-0.2, 0) is 14.3 Å². The molecule has 0 unspecified atom stereocenters. The number of rotatable bonds is 3. The van der Waals surface area contributed by atoms with Crippen molar-refractivity contribution in [1.82, 2.24) is 0 Å². The zero-order chi connectivity index (χ0) is 22.9. The first kappa shape index (κ1) is 24.6. The Morgan fingerprint density at radius 3 is 1.90 bits per heavy atom.